The third kappa shape index (κ3) is 15.6. The van der Waals surface area contributed by atoms with E-state index in [9.17, 15) is 59.4 Å². The summed E-state index contributed by atoms with van der Waals surface area (Å²) in [6, 6.07) is 44.6. The maximum atomic E-state index is 13.7. The molecule has 510 valence electrons. The highest BCUT2D eigenvalue weighted by molar-refractivity contribution is 6.04. The van der Waals surface area contributed by atoms with Gasteiger partial charge in [-0.2, -0.15) is 0 Å². The van der Waals surface area contributed by atoms with Gasteiger partial charge in [0, 0.05) is 110 Å². The molecule has 0 amide bonds. The van der Waals surface area contributed by atoms with Crippen molar-refractivity contribution in [1.29, 1.82) is 0 Å². The highest BCUT2D eigenvalue weighted by atomic mass is 16.4. The van der Waals surface area contributed by atoms with Crippen molar-refractivity contribution in [3.8, 4) is 0 Å². The number of carboxylic acid groups (broad SMARTS) is 6. The van der Waals surface area contributed by atoms with E-state index < -0.39 is 35.8 Å². The number of carbonyl (C=O) groups is 6. The molecule has 10 aliphatic heterocycles. The van der Waals surface area contributed by atoms with E-state index in [4.69, 9.17) is 30.0 Å². The van der Waals surface area contributed by atoms with E-state index in [1.807, 2.05) is 84.9 Å². The summed E-state index contributed by atoms with van der Waals surface area (Å²) < 4.78 is 0. The summed E-state index contributed by atoms with van der Waals surface area (Å²) >= 11 is 0. The number of aromatic carboxylic acids is 6. The quantitative estimate of drug-likeness (QED) is 0.0906. The molecule has 0 spiro atoms. The van der Waals surface area contributed by atoms with Gasteiger partial charge >= 0.3 is 35.8 Å². The van der Waals surface area contributed by atoms with Gasteiger partial charge in [-0.15, -0.1) is 0 Å². The smallest absolute Gasteiger partial charge is 0.336 e. The molecule has 0 fully saturated rings. The maximum Gasteiger partial charge on any atom is 0.336 e. The molecule has 2 aliphatic carbocycles. The summed E-state index contributed by atoms with van der Waals surface area (Å²) in [5, 5.41) is 65.7. The summed E-state index contributed by atoms with van der Waals surface area (Å²) in [4.78, 5) is 109. The molecule has 21 rings (SSSR count). The summed E-state index contributed by atoms with van der Waals surface area (Å²) in [5.74, 6) is -7.11. The summed E-state index contributed by atoms with van der Waals surface area (Å²) in [6.07, 6.45) is 13.3. The number of carboxylic acids is 6. The molecule has 0 atom stereocenters. The molecule has 0 saturated heterocycles. The number of fused-ring (bicyclic) bond motifs is 1. The van der Waals surface area contributed by atoms with E-state index in [1.54, 1.807) is 98.0 Å². The van der Waals surface area contributed by atoms with Crippen LogP contribution in [0.5, 0.6) is 0 Å². The first kappa shape index (κ1) is 68.3. The number of nitrogens with zero attached hydrogens (tertiary/aromatic N) is 6. The average Bonchev–Trinajstić information content (AvgIpc) is 1.55. The Bertz CT molecular complexity index is 4750. The number of hydrogen-bond acceptors (Lipinski definition) is 12. The third-order valence-electron chi connectivity index (χ3n) is 19.6. The Morgan fingerprint density at radius 2 is 0.431 bits per heavy atom. The van der Waals surface area contributed by atoms with E-state index in [2.05, 4.69) is 0 Å². The van der Waals surface area contributed by atoms with Crippen LogP contribution in [0.15, 0.2) is 176 Å². The molecule has 9 aromatic carbocycles. The fourth-order valence-corrected chi connectivity index (χ4v) is 14.2. The second-order valence-electron chi connectivity index (χ2n) is 26.2. The van der Waals surface area contributed by atoms with Crippen LogP contribution < -0.4 is 0 Å². The molecule has 0 saturated carbocycles. The Labute approximate surface area is 588 Å². The molecule has 0 aromatic heterocycles. The predicted octanol–water partition coefficient (Wildman–Crippen LogP) is 12.6. The molecule has 0 radical (unpaired) electrons. The van der Waals surface area contributed by atoms with Crippen LogP contribution in [-0.4, -0.2) is 143 Å². The lowest BCUT2D eigenvalue weighted by atomic mass is 9.87. The minimum absolute atomic E-state index is 0.000780. The van der Waals surface area contributed by atoms with Crippen molar-refractivity contribution in [3.05, 3.63) is 312 Å². The number of hydrogen-bond donors (Lipinski definition) is 6. The minimum atomic E-state index is -1.19. The van der Waals surface area contributed by atoms with E-state index >= 15 is 0 Å². The number of benzene rings is 9. The Balaban J connectivity index is 0.951. The van der Waals surface area contributed by atoms with Gasteiger partial charge in [0.1, 0.15) is 0 Å². The van der Waals surface area contributed by atoms with Crippen LogP contribution in [0.2, 0.25) is 0 Å². The van der Waals surface area contributed by atoms with Gasteiger partial charge in [-0.05, 0) is 226 Å². The van der Waals surface area contributed by atoms with Crippen molar-refractivity contribution in [3.63, 3.8) is 0 Å². The van der Waals surface area contributed by atoms with Gasteiger partial charge in [0.15, 0.2) is 0 Å². The van der Waals surface area contributed by atoms with Crippen LogP contribution in [0.3, 0.4) is 0 Å². The zero-order valence-electron chi connectivity index (χ0n) is 55.9. The van der Waals surface area contributed by atoms with Gasteiger partial charge in [0.2, 0.25) is 0 Å². The first-order valence-corrected chi connectivity index (χ1v) is 34.0. The second kappa shape index (κ2) is 30.5. The normalized spacial score (nSPS) is 14.6. The molecule has 0 unspecified atom stereocenters. The van der Waals surface area contributed by atoms with Crippen LogP contribution in [0, 0.1) is 0 Å². The van der Waals surface area contributed by atoms with E-state index in [-0.39, 0.29) is 71.9 Å². The van der Waals surface area contributed by atoms with E-state index in [0.717, 1.165) is 33.4 Å². The summed E-state index contributed by atoms with van der Waals surface area (Å²) in [5.41, 5.74) is 15.5. The summed E-state index contributed by atoms with van der Waals surface area (Å²) in [6.45, 7) is 1.87. The Kier molecular flexibility index (Phi) is 20.4. The van der Waals surface area contributed by atoms with Crippen molar-refractivity contribution in [2.45, 2.75) is 77.0 Å². The Morgan fingerprint density at radius 1 is 0.225 bits per heavy atom. The topological polar surface area (TPSA) is 298 Å². The van der Waals surface area contributed by atoms with Crippen LogP contribution >= 0.6 is 0 Å². The molecule has 18 heteroatoms. The van der Waals surface area contributed by atoms with Crippen LogP contribution in [0.1, 0.15) is 196 Å². The van der Waals surface area contributed by atoms with Crippen LogP contribution in [0.4, 0.5) is 0 Å². The lowest BCUT2D eigenvalue weighted by Crippen LogP contribution is -2.13. The second-order valence-corrected chi connectivity index (χ2v) is 26.2. The van der Waals surface area contributed by atoms with E-state index in [0.29, 0.717) is 178 Å². The fourth-order valence-electron chi connectivity index (χ4n) is 14.2. The van der Waals surface area contributed by atoms with Crippen molar-refractivity contribution in [1.82, 2.24) is 0 Å². The van der Waals surface area contributed by atoms with Gasteiger partial charge in [0.25, 0.3) is 0 Å². The first-order chi connectivity index (χ1) is 49.5. The standard InChI is InChI=1S/C84H72N6O12/c91-79(92)73-39-61-29-55-13-15-57-43-85-23-17-49-1-2-50(4-3-49)18-24-86-44-58-16-14-56-30-62-40-74(80(93)94)68-34-60(62)32-64-42-76(82(97)98)70(36-66(64)38-72(56)78(58)84(101)102)48-90-28-22-54-11-9-53(10-12-54)21-27-89-47-69-35-65(37-71(55)77(57)83(99)100)63(41-75(69)81(95)96)31-59(61)33-67(73)45-87-25-19-51-5-7-52(8-6-51)20-26-88-46-68/h1-16,33-36,39-48H,17-32,37-38H2,(H,91,92)(H,93,94)(H,95,96)(H,97,98)(H,99,100)(H,101,102). The molecule has 12 aliphatic rings. The Morgan fingerprint density at radius 3 is 0.657 bits per heavy atom. The van der Waals surface area contributed by atoms with Gasteiger partial charge in [0.05, 0.1) is 33.4 Å². The summed E-state index contributed by atoms with van der Waals surface area (Å²) in [7, 11) is 0. The van der Waals surface area contributed by atoms with Gasteiger partial charge in [-0.3, -0.25) is 30.0 Å². The molecule has 6 N–H and O–H groups in total. The molecular weight excluding hydrogens is 1280 g/mol. The Hall–Kier alpha value is -12.2. The highest BCUT2D eigenvalue weighted by Gasteiger charge is 2.29. The average molecular weight is 1360 g/mol. The largest absolute Gasteiger partial charge is 0.478 e. The number of aliphatic imine (C=N–C) groups is 6. The minimum Gasteiger partial charge on any atom is -0.478 e. The van der Waals surface area contributed by atoms with Crippen LogP contribution in [0.25, 0.3) is 0 Å². The molecule has 9 aromatic rings. The zero-order chi connectivity index (χ0) is 71.0. The lowest BCUT2D eigenvalue weighted by molar-refractivity contribution is 0.0684. The predicted molar refractivity (Wildman–Crippen MR) is 394 cm³/mol. The molecule has 20 bridgehead atoms. The monoisotopic (exact) mass is 1360 g/mol. The van der Waals surface area contributed by atoms with Gasteiger partial charge < -0.3 is 30.6 Å². The molecule has 102 heavy (non-hydrogen) atoms. The van der Waals surface area contributed by atoms with Crippen molar-refractivity contribution in [2.75, 3.05) is 39.3 Å². The fraction of sp³-hybridized carbons (Fsp3) is 0.214. The maximum absolute atomic E-state index is 13.7. The SMILES string of the molecule is O=C(O)c1cc2c3cc1C=NCCc1ccc(cc1)CCN=Cc1cc4c(cc1C(=O)O)Cc1cc5c(C(=O)O)cc1Cc1ccc(c(C(=O)O)c1C4)C=NCCc1ccc(cc1)CCN=Cc1ccc(c(c1C(=O)O)C3)Cc1cc(C(=O)O)c(cc1C2)C=NCCc1ccc(cc1)CCN=C5. The highest BCUT2D eigenvalue weighted by Crippen LogP contribution is 2.36. The van der Waals surface area contributed by atoms with Crippen molar-refractivity contribution in [2.24, 2.45) is 30.0 Å². The first-order valence-electron chi connectivity index (χ1n) is 34.0. The molecular formula is C84H72N6O12. The van der Waals surface area contributed by atoms with Gasteiger partial charge in [-0.25, -0.2) is 28.8 Å². The number of rotatable bonds is 6. The third-order valence-corrected chi connectivity index (χ3v) is 19.6. The van der Waals surface area contributed by atoms with Crippen molar-refractivity contribution >= 4 is 73.1 Å². The molecule has 10 heterocycles. The van der Waals surface area contributed by atoms with E-state index in [1.165, 1.54) is 0 Å². The molecule has 18 nitrogen and oxygen atoms in total. The van der Waals surface area contributed by atoms with Gasteiger partial charge in [-0.1, -0.05) is 97.1 Å². The lowest BCUT2D eigenvalue weighted by Gasteiger charge is -2.17. The zero-order valence-corrected chi connectivity index (χ0v) is 55.9. The van der Waals surface area contributed by atoms with Crippen LogP contribution in [-0.2, 0) is 77.0 Å². The van der Waals surface area contributed by atoms with Crippen molar-refractivity contribution < 1.29 is 59.4 Å².